The standard InChI is InChI=1S/C10H14N4/c1-7(2)11-10-12-9-6-8(3)4-5-14(9)13-10/h4-7H,1-3H3,(H,11,13). The molecule has 2 aromatic heterocycles. The van der Waals surface area contributed by atoms with Gasteiger partial charge in [0.2, 0.25) is 5.95 Å². The van der Waals surface area contributed by atoms with Crippen molar-refractivity contribution in [1.82, 2.24) is 14.6 Å². The van der Waals surface area contributed by atoms with Crippen LogP contribution in [0.3, 0.4) is 0 Å². The van der Waals surface area contributed by atoms with Crippen LogP contribution in [0, 0.1) is 6.92 Å². The average Bonchev–Trinajstić information content (AvgIpc) is 2.44. The van der Waals surface area contributed by atoms with Crippen molar-refractivity contribution in [2.45, 2.75) is 26.8 Å². The van der Waals surface area contributed by atoms with E-state index in [0.717, 1.165) is 5.65 Å². The minimum atomic E-state index is 0.355. The van der Waals surface area contributed by atoms with Gasteiger partial charge in [-0.2, -0.15) is 4.98 Å². The van der Waals surface area contributed by atoms with Gasteiger partial charge in [0, 0.05) is 12.2 Å². The molecule has 4 heteroatoms. The van der Waals surface area contributed by atoms with Crippen LogP contribution in [0.5, 0.6) is 0 Å². The number of nitrogens with one attached hydrogen (secondary N) is 1. The molecular formula is C10H14N4. The van der Waals surface area contributed by atoms with Crippen molar-refractivity contribution in [2.75, 3.05) is 5.32 Å². The van der Waals surface area contributed by atoms with E-state index in [9.17, 15) is 0 Å². The van der Waals surface area contributed by atoms with Crippen LogP contribution >= 0.6 is 0 Å². The topological polar surface area (TPSA) is 42.2 Å². The van der Waals surface area contributed by atoms with Crippen molar-refractivity contribution in [3.8, 4) is 0 Å². The summed E-state index contributed by atoms with van der Waals surface area (Å²) >= 11 is 0. The fourth-order valence-corrected chi connectivity index (χ4v) is 1.30. The Bertz CT molecular complexity index is 444. The number of pyridine rings is 1. The van der Waals surface area contributed by atoms with Gasteiger partial charge in [-0.3, -0.25) is 0 Å². The van der Waals surface area contributed by atoms with Crippen molar-refractivity contribution in [2.24, 2.45) is 0 Å². The maximum atomic E-state index is 4.35. The number of hydrogen-bond acceptors (Lipinski definition) is 3. The summed E-state index contributed by atoms with van der Waals surface area (Å²) in [5, 5.41) is 7.46. The maximum absolute atomic E-state index is 4.35. The summed E-state index contributed by atoms with van der Waals surface area (Å²) in [5.41, 5.74) is 2.08. The van der Waals surface area contributed by atoms with Gasteiger partial charge in [-0.15, -0.1) is 5.10 Å². The van der Waals surface area contributed by atoms with Gasteiger partial charge in [0.25, 0.3) is 0 Å². The van der Waals surface area contributed by atoms with Crippen LogP contribution in [0.2, 0.25) is 0 Å². The Kier molecular flexibility index (Phi) is 2.11. The van der Waals surface area contributed by atoms with Gasteiger partial charge in [0.15, 0.2) is 5.65 Å². The zero-order valence-electron chi connectivity index (χ0n) is 8.65. The lowest BCUT2D eigenvalue weighted by atomic mass is 10.3. The summed E-state index contributed by atoms with van der Waals surface area (Å²) in [4.78, 5) is 4.35. The van der Waals surface area contributed by atoms with Gasteiger partial charge in [0.1, 0.15) is 0 Å². The quantitative estimate of drug-likeness (QED) is 0.786. The number of hydrogen-bond donors (Lipinski definition) is 1. The van der Waals surface area contributed by atoms with Crippen molar-refractivity contribution >= 4 is 11.6 Å². The smallest absolute Gasteiger partial charge is 0.243 e. The number of aryl methyl sites for hydroxylation is 1. The molecule has 2 heterocycles. The van der Waals surface area contributed by atoms with Crippen molar-refractivity contribution < 1.29 is 0 Å². The molecule has 0 aromatic carbocycles. The average molecular weight is 190 g/mol. The second-order valence-electron chi connectivity index (χ2n) is 3.74. The van der Waals surface area contributed by atoms with Crippen molar-refractivity contribution in [3.63, 3.8) is 0 Å². The molecule has 0 aliphatic rings. The Morgan fingerprint density at radius 2 is 2.21 bits per heavy atom. The fraction of sp³-hybridized carbons (Fsp3) is 0.400. The van der Waals surface area contributed by atoms with E-state index in [-0.39, 0.29) is 0 Å². The lowest BCUT2D eigenvalue weighted by Gasteiger charge is -2.02. The molecule has 1 N–H and O–H groups in total. The highest BCUT2D eigenvalue weighted by Crippen LogP contribution is 2.07. The fourth-order valence-electron chi connectivity index (χ4n) is 1.30. The second-order valence-corrected chi connectivity index (χ2v) is 3.74. The van der Waals surface area contributed by atoms with E-state index < -0.39 is 0 Å². The number of fused-ring (bicyclic) bond motifs is 1. The Hall–Kier alpha value is -1.58. The first-order chi connectivity index (χ1) is 6.65. The van der Waals surface area contributed by atoms with Gasteiger partial charge in [-0.05, 0) is 38.5 Å². The van der Waals surface area contributed by atoms with Crippen LogP contribution in [-0.2, 0) is 0 Å². The first kappa shape index (κ1) is 8.99. The molecule has 0 saturated carbocycles. The largest absolute Gasteiger partial charge is 0.351 e. The van der Waals surface area contributed by atoms with Crippen molar-refractivity contribution in [1.29, 1.82) is 0 Å². The Labute approximate surface area is 83.0 Å². The van der Waals surface area contributed by atoms with Crippen LogP contribution in [-0.4, -0.2) is 20.6 Å². The highest BCUT2D eigenvalue weighted by molar-refractivity contribution is 5.45. The molecule has 4 nitrogen and oxygen atoms in total. The Morgan fingerprint density at radius 1 is 1.43 bits per heavy atom. The zero-order chi connectivity index (χ0) is 10.1. The first-order valence-corrected chi connectivity index (χ1v) is 4.75. The molecule has 0 saturated heterocycles. The lowest BCUT2D eigenvalue weighted by molar-refractivity contribution is 0.864. The van der Waals surface area contributed by atoms with E-state index in [4.69, 9.17) is 0 Å². The van der Waals surface area contributed by atoms with E-state index in [0.29, 0.717) is 12.0 Å². The van der Waals surface area contributed by atoms with Crippen molar-refractivity contribution in [3.05, 3.63) is 23.9 Å². The van der Waals surface area contributed by atoms with Gasteiger partial charge >= 0.3 is 0 Å². The maximum Gasteiger partial charge on any atom is 0.243 e. The Balaban J connectivity index is 2.41. The van der Waals surface area contributed by atoms with Crippen LogP contribution in [0.15, 0.2) is 18.3 Å². The van der Waals surface area contributed by atoms with Gasteiger partial charge < -0.3 is 5.32 Å². The number of rotatable bonds is 2. The molecule has 0 atom stereocenters. The third-order valence-corrected chi connectivity index (χ3v) is 1.91. The molecule has 0 spiro atoms. The summed E-state index contributed by atoms with van der Waals surface area (Å²) in [6, 6.07) is 4.38. The van der Waals surface area contributed by atoms with Gasteiger partial charge in [0.05, 0.1) is 0 Å². The van der Waals surface area contributed by atoms with E-state index in [1.54, 1.807) is 4.52 Å². The monoisotopic (exact) mass is 190 g/mol. The minimum Gasteiger partial charge on any atom is -0.351 e. The highest BCUT2D eigenvalue weighted by atomic mass is 15.3. The van der Waals surface area contributed by atoms with Crippen LogP contribution in [0.1, 0.15) is 19.4 Å². The zero-order valence-corrected chi connectivity index (χ0v) is 8.65. The SMILES string of the molecule is Cc1ccn2nc(NC(C)C)nc2c1. The summed E-state index contributed by atoms with van der Waals surface area (Å²) in [6.45, 7) is 6.18. The molecule has 0 bridgehead atoms. The van der Waals surface area contributed by atoms with E-state index in [2.05, 4.69) is 29.2 Å². The van der Waals surface area contributed by atoms with Gasteiger partial charge in [-0.25, -0.2) is 4.52 Å². The van der Waals surface area contributed by atoms with Crippen LogP contribution < -0.4 is 5.32 Å². The third kappa shape index (κ3) is 1.69. The minimum absolute atomic E-state index is 0.355. The molecule has 2 rings (SSSR count). The molecule has 0 aliphatic heterocycles. The predicted molar refractivity (Wildman–Crippen MR) is 56.5 cm³/mol. The third-order valence-electron chi connectivity index (χ3n) is 1.91. The molecule has 0 aliphatic carbocycles. The number of nitrogens with zero attached hydrogens (tertiary/aromatic N) is 3. The predicted octanol–water partition coefficient (Wildman–Crippen LogP) is 1.86. The first-order valence-electron chi connectivity index (χ1n) is 4.75. The lowest BCUT2D eigenvalue weighted by Crippen LogP contribution is -2.10. The molecule has 14 heavy (non-hydrogen) atoms. The van der Waals surface area contributed by atoms with E-state index >= 15 is 0 Å². The number of aromatic nitrogens is 3. The molecule has 0 amide bonds. The molecule has 74 valence electrons. The van der Waals surface area contributed by atoms with Crippen LogP contribution in [0.4, 0.5) is 5.95 Å². The molecular weight excluding hydrogens is 176 g/mol. The normalized spacial score (nSPS) is 11.1. The van der Waals surface area contributed by atoms with Gasteiger partial charge in [-0.1, -0.05) is 0 Å². The summed E-state index contributed by atoms with van der Waals surface area (Å²) < 4.78 is 1.78. The number of anilines is 1. The second kappa shape index (κ2) is 3.29. The summed E-state index contributed by atoms with van der Waals surface area (Å²) in [6.07, 6.45) is 1.92. The van der Waals surface area contributed by atoms with E-state index in [1.165, 1.54) is 5.56 Å². The highest BCUT2D eigenvalue weighted by Gasteiger charge is 2.03. The molecule has 0 radical (unpaired) electrons. The molecule has 0 fully saturated rings. The summed E-state index contributed by atoms with van der Waals surface area (Å²) in [7, 11) is 0. The molecule has 2 aromatic rings. The summed E-state index contributed by atoms with van der Waals surface area (Å²) in [5.74, 6) is 0.686. The Morgan fingerprint density at radius 3 is 2.93 bits per heavy atom. The van der Waals surface area contributed by atoms with Crippen LogP contribution in [0.25, 0.3) is 5.65 Å². The van der Waals surface area contributed by atoms with E-state index in [1.807, 2.05) is 25.3 Å². The molecule has 0 unspecified atom stereocenters.